The molecule has 7 aromatic carbocycles. The van der Waals surface area contributed by atoms with E-state index in [1.54, 1.807) is 0 Å². The Hall–Kier alpha value is -4.94. The molecule has 0 unspecified atom stereocenters. The molecule has 0 aliphatic heterocycles. The number of fused-ring (bicyclic) bond motifs is 5. The molecule has 0 radical (unpaired) electrons. The van der Waals surface area contributed by atoms with Crippen LogP contribution >= 0.6 is 0 Å². The highest BCUT2D eigenvalue weighted by atomic mass is 14.4. The summed E-state index contributed by atoms with van der Waals surface area (Å²) in [5.74, 6) is 0. The van der Waals surface area contributed by atoms with Gasteiger partial charge in [0.1, 0.15) is 0 Å². The molecule has 41 heavy (non-hydrogen) atoms. The highest BCUT2D eigenvalue weighted by Gasteiger charge is 2.36. The lowest BCUT2D eigenvalue weighted by Crippen LogP contribution is -2.14. The topological polar surface area (TPSA) is 0 Å². The molecule has 0 heterocycles. The van der Waals surface area contributed by atoms with Crippen molar-refractivity contribution in [3.8, 4) is 44.5 Å². The third-order valence-electron chi connectivity index (χ3n) is 9.06. The summed E-state index contributed by atoms with van der Waals surface area (Å²) in [6, 6.07) is 53.5. The Kier molecular flexibility index (Phi) is 5.27. The molecule has 0 amide bonds. The summed E-state index contributed by atoms with van der Waals surface area (Å²) in [7, 11) is 0. The van der Waals surface area contributed by atoms with Gasteiger partial charge in [0, 0.05) is 5.41 Å². The predicted octanol–water partition coefficient (Wildman–Crippen LogP) is 11.3. The SMILES string of the molecule is CC1(C)c2ccccc2-c2c(-c3cccc(-c4c5ccccc5c(-c5ccccc5)c5ccccc45)c3)cccc21. The van der Waals surface area contributed by atoms with Crippen LogP contribution in [0.1, 0.15) is 25.0 Å². The molecule has 0 heteroatoms. The molecule has 0 nitrogen and oxygen atoms in total. The maximum Gasteiger partial charge on any atom is 0.0159 e. The van der Waals surface area contributed by atoms with Crippen LogP contribution in [0.5, 0.6) is 0 Å². The van der Waals surface area contributed by atoms with Crippen LogP contribution < -0.4 is 0 Å². The van der Waals surface area contributed by atoms with E-state index in [1.165, 1.54) is 77.2 Å². The minimum Gasteiger partial charge on any atom is -0.0622 e. The van der Waals surface area contributed by atoms with Gasteiger partial charge in [-0.15, -0.1) is 0 Å². The number of hydrogen-bond donors (Lipinski definition) is 0. The summed E-state index contributed by atoms with van der Waals surface area (Å²) in [6.45, 7) is 4.70. The van der Waals surface area contributed by atoms with Crippen molar-refractivity contribution in [3.63, 3.8) is 0 Å². The Labute approximate surface area is 241 Å². The van der Waals surface area contributed by atoms with Crippen molar-refractivity contribution < 1.29 is 0 Å². The molecule has 0 atom stereocenters. The molecule has 0 spiro atoms. The van der Waals surface area contributed by atoms with E-state index < -0.39 is 0 Å². The van der Waals surface area contributed by atoms with Crippen LogP contribution in [0, 0.1) is 0 Å². The van der Waals surface area contributed by atoms with E-state index in [4.69, 9.17) is 0 Å². The van der Waals surface area contributed by atoms with Crippen molar-refractivity contribution in [1.29, 1.82) is 0 Å². The van der Waals surface area contributed by atoms with E-state index in [0.717, 1.165) is 0 Å². The lowest BCUT2D eigenvalue weighted by molar-refractivity contribution is 0.660. The maximum absolute atomic E-state index is 2.40. The molecule has 0 fully saturated rings. The van der Waals surface area contributed by atoms with Gasteiger partial charge < -0.3 is 0 Å². The zero-order chi connectivity index (χ0) is 27.6. The highest BCUT2D eigenvalue weighted by Crippen LogP contribution is 2.52. The van der Waals surface area contributed by atoms with Crippen molar-refractivity contribution >= 4 is 21.5 Å². The molecule has 0 saturated heterocycles. The second-order valence-electron chi connectivity index (χ2n) is 11.7. The standard InChI is InChI=1S/C41H30/c1-41(2)36-24-11-10-22-35(36)40-30(23-13-25-37(40)41)28-16-12-17-29(26-28)39-33-20-8-6-18-31(33)38(27-14-4-3-5-15-27)32-19-7-9-21-34(32)39/h3-26H,1-2H3. The molecular weight excluding hydrogens is 492 g/mol. The first-order chi connectivity index (χ1) is 20.1. The third-order valence-corrected chi connectivity index (χ3v) is 9.06. The summed E-state index contributed by atoms with van der Waals surface area (Å²) < 4.78 is 0. The maximum atomic E-state index is 2.40. The van der Waals surface area contributed by atoms with Gasteiger partial charge in [-0.25, -0.2) is 0 Å². The Morgan fingerprint density at radius 2 is 0.805 bits per heavy atom. The summed E-state index contributed by atoms with van der Waals surface area (Å²) in [5.41, 5.74) is 13.2. The van der Waals surface area contributed by atoms with E-state index in [2.05, 4.69) is 159 Å². The van der Waals surface area contributed by atoms with E-state index in [9.17, 15) is 0 Å². The predicted molar refractivity (Wildman–Crippen MR) is 175 cm³/mol. The quantitative estimate of drug-likeness (QED) is 0.202. The van der Waals surface area contributed by atoms with Crippen LogP contribution in [0.2, 0.25) is 0 Å². The van der Waals surface area contributed by atoms with Gasteiger partial charge in [-0.1, -0.05) is 153 Å². The van der Waals surface area contributed by atoms with E-state index >= 15 is 0 Å². The van der Waals surface area contributed by atoms with E-state index in [-0.39, 0.29) is 5.41 Å². The van der Waals surface area contributed by atoms with Crippen LogP contribution in [-0.2, 0) is 5.41 Å². The van der Waals surface area contributed by atoms with Crippen LogP contribution in [0.15, 0.2) is 146 Å². The van der Waals surface area contributed by atoms with Crippen molar-refractivity contribution in [3.05, 3.63) is 157 Å². The van der Waals surface area contributed by atoms with Crippen LogP contribution in [0.25, 0.3) is 66.1 Å². The molecule has 194 valence electrons. The Morgan fingerprint density at radius 3 is 1.49 bits per heavy atom. The van der Waals surface area contributed by atoms with Gasteiger partial charge in [0.15, 0.2) is 0 Å². The van der Waals surface area contributed by atoms with Gasteiger partial charge in [-0.2, -0.15) is 0 Å². The van der Waals surface area contributed by atoms with Crippen LogP contribution in [-0.4, -0.2) is 0 Å². The first-order valence-corrected chi connectivity index (χ1v) is 14.5. The largest absolute Gasteiger partial charge is 0.0622 e. The fourth-order valence-electron chi connectivity index (χ4n) is 7.19. The first-order valence-electron chi connectivity index (χ1n) is 14.5. The van der Waals surface area contributed by atoms with Crippen LogP contribution in [0.3, 0.4) is 0 Å². The summed E-state index contributed by atoms with van der Waals surface area (Å²) in [5, 5.41) is 5.14. The average molecular weight is 523 g/mol. The van der Waals surface area contributed by atoms with E-state index in [1.807, 2.05) is 0 Å². The second-order valence-corrected chi connectivity index (χ2v) is 11.7. The van der Waals surface area contributed by atoms with Crippen molar-refractivity contribution in [2.75, 3.05) is 0 Å². The fraction of sp³-hybridized carbons (Fsp3) is 0.0732. The van der Waals surface area contributed by atoms with Gasteiger partial charge in [-0.3, -0.25) is 0 Å². The minimum absolute atomic E-state index is 0.0147. The first kappa shape index (κ1) is 23.9. The zero-order valence-electron chi connectivity index (χ0n) is 23.4. The van der Waals surface area contributed by atoms with Crippen molar-refractivity contribution in [2.24, 2.45) is 0 Å². The molecule has 0 saturated carbocycles. The van der Waals surface area contributed by atoms with Crippen molar-refractivity contribution in [1.82, 2.24) is 0 Å². The molecule has 8 rings (SSSR count). The summed E-state index contributed by atoms with van der Waals surface area (Å²) in [4.78, 5) is 0. The molecule has 0 N–H and O–H groups in total. The van der Waals surface area contributed by atoms with Gasteiger partial charge in [0.05, 0.1) is 0 Å². The Balaban J connectivity index is 1.40. The Bertz CT molecular complexity index is 2050. The van der Waals surface area contributed by atoms with E-state index in [0.29, 0.717) is 0 Å². The van der Waals surface area contributed by atoms with Crippen LogP contribution in [0.4, 0.5) is 0 Å². The number of benzene rings is 7. The van der Waals surface area contributed by atoms with Crippen molar-refractivity contribution in [2.45, 2.75) is 19.3 Å². The lowest BCUT2D eigenvalue weighted by Gasteiger charge is -2.21. The molecule has 0 bridgehead atoms. The summed E-state index contributed by atoms with van der Waals surface area (Å²) >= 11 is 0. The molecule has 1 aliphatic rings. The van der Waals surface area contributed by atoms with Gasteiger partial charge >= 0.3 is 0 Å². The average Bonchev–Trinajstić information content (AvgIpc) is 3.27. The fourth-order valence-corrected chi connectivity index (χ4v) is 7.19. The monoisotopic (exact) mass is 522 g/mol. The molecule has 0 aromatic heterocycles. The van der Waals surface area contributed by atoms with Gasteiger partial charge in [0.2, 0.25) is 0 Å². The lowest BCUT2D eigenvalue weighted by atomic mass is 9.82. The molecule has 7 aromatic rings. The minimum atomic E-state index is -0.0147. The highest BCUT2D eigenvalue weighted by molar-refractivity contribution is 6.21. The Morgan fingerprint density at radius 1 is 0.341 bits per heavy atom. The molecule has 1 aliphatic carbocycles. The normalized spacial score (nSPS) is 13.3. The smallest absolute Gasteiger partial charge is 0.0159 e. The third kappa shape index (κ3) is 3.54. The number of rotatable bonds is 3. The zero-order valence-corrected chi connectivity index (χ0v) is 23.4. The molecular formula is C41H30. The number of hydrogen-bond acceptors (Lipinski definition) is 0. The summed E-state index contributed by atoms with van der Waals surface area (Å²) in [6.07, 6.45) is 0. The second kappa shape index (κ2) is 9.04. The van der Waals surface area contributed by atoms with Gasteiger partial charge in [0.25, 0.3) is 0 Å². The van der Waals surface area contributed by atoms with Gasteiger partial charge in [-0.05, 0) is 83.2 Å².